The highest BCUT2D eigenvalue weighted by Crippen LogP contribution is 2.28. The lowest BCUT2D eigenvalue weighted by atomic mass is 10.1. The summed E-state index contributed by atoms with van der Waals surface area (Å²) in [4.78, 5) is 38.5. The van der Waals surface area contributed by atoms with E-state index in [1.165, 1.54) is 0 Å². The van der Waals surface area contributed by atoms with E-state index in [4.69, 9.17) is 11.6 Å². The number of nitrogens with one attached hydrogen (secondary N) is 2. The molecule has 1 aliphatic rings. The Hall–Kier alpha value is -2.86. The number of likely N-dealkylation sites (tertiary alicyclic amines) is 1. The first kappa shape index (κ1) is 18.9. The Bertz CT molecular complexity index is 857. The van der Waals surface area contributed by atoms with Gasteiger partial charge in [-0.1, -0.05) is 54.1 Å². The van der Waals surface area contributed by atoms with Gasteiger partial charge in [-0.3, -0.25) is 25.2 Å². The van der Waals surface area contributed by atoms with E-state index in [0.29, 0.717) is 11.6 Å². The molecule has 3 rings (SSSR count). The molecule has 0 radical (unpaired) electrons. The molecule has 0 aromatic heterocycles. The molecule has 7 heteroatoms. The fourth-order valence-corrected chi connectivity index (χ4v) is 3.35. The number of halogens is 1. The van der Waals surface area contributed by atoms with Gasteiger partial charge >= 0.3 is 0 Å². The number of rotatable bonds is 4. The number of benzene rings is 2. The molecule has 0 spiro atoms. The maximum Gasteiger partial charge on any atom is 0.271 e. The van der Waals surface area contributed by atoms with Crippen LogP contribution in [0.5, 0.6) is 0 Å². The molecular weight excluding hydrogens is 366 g/mol. The molecule has 0 saturated carbocycles. The zero-order valence-corrected chi connectivity index (χ0v) is 15.6. The van der Waals surface area contributed by atoms with E-state index >= 15 is 0 Å². The molecule has 6 nitrogen and oxygen atoms in total. The number of hydrogen-bond acceptors (Lipinski definition) is 3. The van der Waals surface area contributed by atoms with Crippen molar-refractivity contribution in [2.75, 3.05) is 6.54 Å². The Balaban J connectivity index is 1.58. The first-order chi connectivity index (χ1) is 13.0. The summed E-state index contributed by atoms with van der Waals surface area (Å²) >= 11 is 5.97. The molecule has 27 heavy (non-hydrogen) atoms. The third-order valence-electron chi connectivity index (χ3n) is 4.70. The highest BCUT2D eigenvalue weighted by molar-refractivity contribution is 6.33. The van der Waals surface area contributed by atoms with Crippen molar-refractivity contribution in [2.24, 2.45) is 5.92 Å². The van der Waals surface area contributed by atoms with Crippen LogP contribution < -0.4 is 10.9 Å². The minimum absolute atomic E-state index is 0.0797. The molecule has 140 valence electrons. The molecule has 0 bridgehead atoms. The van der Waals surface area contributed by atoms with Gasteiger partial charge in [0.15, 0.2) is 0 Å². The van der Waals surface area contributed by atoms with Crippen molar-refractivity contribution in [1.82, 2.24) is 15.8 Å². The minimum atomic E-state index is -0.518. The van der Waals surface area contributed by atoms with E-state index in [9.17, 15) is 14.4 Å². The van der Waals surface area contributed by atoms with Gasteiger partial charge in [0.2, 0.25) is 11.8 Å². The molecule has 1 fully saturated rings. The van der Waals surface area contributed by atoms with Gasteiger partial charge < -0.3 is 4.90 Å². The van der Waals surface area contributed by atoms with Crippen molar-refractivity contribution in [2.45, 2.75) is 19.4 Å². The standard InChI is InChI=1S/C20H20ClN3O3/c1-13(14-7-3-2-4-8-14)24-12-15(11-18(24)25)19(26)22-23-20(27)16-9-5-6-10-17(16)21/h2-10,13,15H,11-12H2,1H3,(H,22,26)(H,23,27)/t13-,15-/m1/s1. The molecular formula is C20H20ClN3O3. The summed E-state index contributed by atoms with van der Waals surface area (Å²) in [7, 11) is 0. The third kappa shape index (κ3) is 4.28. The van der Waals surface area contributed by atoms with E-state index in [1.54, 1.807) is 29.2 Å². The molecule has 0 aliphatic carbocycles. The summed E-state index contributed by atoms with van der Waals surface area (Å²) in [6.45, 7) is 2.25. The number of hydrogen-bond donors (Lipinski definition) is 2. The smallest absolute Gasteiger partial charge is 0.271 e. The Labute approximate surface area is 162 Å². The molecule has 1 heterocycles. The van der Waals surface area contributed by atoms with Crippen molar-refractivity contribution in [3.63, 3.8) is 0 Å². The summed E-state index contributed by atoms with van der Waals surface area (Å²) in [5, 5.41) is 0.295. The van der Waals surface area contributed by atoms with E-state index in [0.717, 1.165) is 5.56 Å². The Morgan fingerprint density at radius 1 is 1.07 bits per heavy atom. The van der Waals surface area contributed by atoms with Crippen molar-refractivity contribution in [1.29, 1.82) is 0 Å². The molecule has 3 amide bonds. The number of carbonyl (C=O) groups is 3. The highest BCUT2D eigenvalue weighted by atomic mass is 35.5. The van der Waals surface area contributed by atoms with E-state index in [2.05, 4.69) is 10.9 Å². The topological polar surface area (TPSA) is 78.5 Å². The normalized spacial score (nSPS) is 17.5. The van der Waals surface area contributed by atoms with Crippen LogP contribution in [-0.2, 0) is 9.59 Å². The van der Waals surface area contributed by atoms with Gasteiger partial charge in [0.05, 0.1) is 22.5 Å². The molecule has 1 aliphatic heterocycles. The van der Waals surface area contributed by atoms with Crippen molar-refractivity contribution < 1.29 is 14.4 Å². The lowest BCUT2D eigenvalue weighted by Crippen LogP contribution is -2.45. The summed E-state index contributed by atoms with van der Waals surface area (Å²) < 4.78 is 0. The second-order valence-corrected chi connectivity index (χ2v) is 6.86. The highest BCUT2D eigenvalue weighted by Gasteiger charge is 2.37. The summed E-state index contributed by atoms with van der Waals surface area (Å²) in [6.07, 6.45) is 0.116. The Morgan fingerprint density at radius 2 is 1.74 bits per heavy atom. The Morgan fingerprint density at radius 3 is 2.44 bits per heavy atom. The van der Waals surface area contributed by atoms with E-state index in [1.807, 2.05) is 37.3 Å². The van der Waals surface area contributed by atoms with Crippen molar-refractivity contribution in [3.05, 3.63) is 70.7 Å². The van der Waals surface area contributed by atoms with Gasteiger partial charge in [0.1, 0.15) is 0 Å². The van der Waals surface area contributed by atoms with Crippen LogP contribution in [0.25, 0.3) is 0 Å². The molecule has 2 aromatic carbocycles. The van der Waals surface area contributed by atoms with Gasteiger partial charge in [0, 0.05) is 13.0 Å². The van der Waals surface area contributed by atoms with Crippen molar-refractivity contribution in [3.8, 4) is 0 Å². The molecule has 0 unspecified atom stereocenters. The van der Waals surface area contributed by atoms with Crippen LogP contribution in [0.2, 0.25) is 5.02 Å². The lowest BCUT2D eigenvalue weighted by molar-refractivity contribution is -0.130. The van der Waals surface area contributed by atoms with Crippen LogP contribution in [-0.4, -0.2) is 29.2 Å². The first-order valence-corrected chi connectivity index (χ1v) is 9.04. The fourth-order valence-electron chi connectivity index (χ4n) is 3.13. The van der Waals surface area contributed by atoms with Crippen LogP contribution in [0.4, 0.5) is 0 Å². The van der Waals surface area contributed by atoms with Crippen molar-refractivity contribution >= 4 is 29.3 Å². The Kier molecular flexibility index (Phi) is 5.76. The molecule has 2 aromatic rings. The number of amides is 3. The average Bonchev–Trinajstić information content (AvgIpc) is 3.08. The van der Waals surface area contributed by atoms with Crippen LogP contribution in [0.1, 0.15) is 35.3 Å². The second kappa shape index (κ2) is 8.22. The molecule has 1 saturated heterocycles. The maximum absolute atomic E-state index is 12.4. The van der Waals surface area contributed by atoms with Gasteiger partial charge in [-0.25, -0.2) is 0 Å². The second-order valence-electron chi connectivity index (χ2n) is 6.46. The van der Waals surface area contributed by atoms with Gasteiger partial charge in [0.25, 0.3) is 5.91 Å². The monoisotopic (exact) mass is 385 g/mol. The quantitative estimate of drug-likeness (QED) is 0.794. The summed E-state index contributed by atoms with van der Waals surface area (Å²) in [5.41, 5.74) is 6.03. The number of hydrazine groups is 1. The largest absolute Gasteiger partial charge is 0.335 e. The summed E-state index contributed by atoms with van der Waals surface area (Å²) in [5.74, 6) is -1.50. The van der Waals surface area contributed by atoms with Gasteiger partial charge in [-0.15, -0.1) is 0 Å². The van der Waals surface area contributed by atoms with Crippen LogP contribution in [0, 0.1) is 5.92 Å². The maximum atomic E-state index is 12.4. The van der Waals surface area contributed by atoms with Gasteiger partial charge in [-0.2, -0.15) is 0 Å². The molecule has 2 N–H and O–H groups in total. The zero-order chi connectivity index (χ0) is 19.4. The first-order valence-electron chi connectivity index (χ1n) is 8.66. The SMILES string of the molecule is C[C@H](c1ccccc1)N1C[C@H](C(=O)NNC(=O)c2ccccc2Cl)CC1=O. The third-order valence-corrected chi connectivity index (χ3v) is 5.03. The number of nitrogens with zero attached hydrogens (tertiary/aromatic N) is 1. The predicted molar refractivity (Wildman–Crippen MR) is 102 cm³/mol. The average molecular weight is 386 g/mol. The van der Waals surface area contributed by atoms with E-state index < -0.39 is 17.7 Å². The predicted octanol–water partition coefficient (Wildman–Crippen LogP) is 2.71. The van der Waals surface area contributed by atoms with Crippen LogP contribution in [0.3, 0.4) is 0 Å². The van der Waals surface area contributed by atoms with E-state index in [-0.39, 0.29) is 23.9 Å². The molecule has 2 atom stereocenters. The van der Waals surface area contributed by atoms with Crippen LogP contribution in [0.15, 0.2) is 54.6 Å². The lowest BCUT2D eigenvalue weighted by Gasteiger charge is -2.25. The minimum Gasteiger partial charge on any atom is -0.335 e. The summed E-state index contributed by atoms with van der Waals surface area (Å²) in [6, 6.07) is 16.1. The van der Waals surface area contributed by atoms with Crippen LogP contribution >= 0.6 is 11.6 Å². The zero-order valence-electron chi connectivity index (χ0n) is 14.8. The number of carbonyl (C=O) groups excluding carboxylic acids is 3. The fraction of sp³-hybridized carbons (Fsp3) is 0.250. The van der Waals surface area contributed by atoms with Gasteiger partial charge in [-0.05, 0) is 24.6 Å².